The molecule has 88 valence electrons. The molecule has 0 spiro atoms. The van der Waals surface area contributed by atoms with Crippen molar-refractivity contribution in [2.45, 2.75) is 25.9 Å². The second-order valence-electron chi connectivity index (χ2n) is 3.39. The van der Waals surface area contributed by atoms with E-state index in [1.807, 2.05) is 6.92 Å². The number of benzene rings is 1. The molecule has 1 aromatic rings. The van der Waals surface area contributed by atoms with Crippen LogP contribution in [0.2, 0.25) is 0 Å². The van der Waals surface area contributed by atoms with Gasteiger partial charge in [0.1, 0.15) is 5.75 Å². The molecule has 1 unspecified atom stereocenters. The fraction of sp³-hybridized carbons (Fsp3) is 0.364. The molecule has 5 heteroatoms. The van der Waals surface area contributed by atoms with Gasteiger partial charge in [-0.2, -0.15) is 0 Å². The Morgan fingerprint density at radius 1 is 1.62 bits per heavy atom. The van der Waals surface area contributed by atoms with Gasteiger partial charge in [0, 0.05) is 5.69 Å². The molecule has 0 fully saturated rings. The zero-order valence-electron chi connectivity index (χ0n) is 8.94. The molecule has 0 heterocycles. The van der Waals surface area contributed by atoms with Crippen LogP contribution in [0.1, 0.15) is 19.8 Å². The minimum atomic E-state index is -0.962. The lowest BCUT2D eigenvalue weighted by molar-refractivity contribution is -0.145. The molecule has 0 aliphatic carbocycles. The summed E-state index contributed by atoms with van der Waals surface area (Å²) in [7, 11) is 0. The quantitative estimate of drug-likeness (QED) is 0.817. The van der Waals surface area contributed by atoms with Crippen molar-refractivity contribution in [3.05, 3.63) is 22.7 Å². The van der Waals surface area contributed by atoms with Gasteiger partial charge in [0.15, 0.2) is 6.10 Å². The van der Waals surface area contributed by atoms with E-state index in [0.29, 0.717) is 22.3 Å². The predicted molar refractivity (Wildman–Crippen MR) is 65.5 cm³/mol. The average Bonchev–Trinajstić information content (AvgIpc) is 2.23. The Labute approximate surface area is 103 Å². The summed E-state index contributed by atoms with van der Waals surface area (Å²) in [5, 5.41) is 8.95. The first kappa shape index (κ1) is 12.8. The molecular formula is C11H14BrNO3. The molecule has 3 N–H and O–H groups in total. The van der Waals surface area contributed by atoms with Crippen molar-refractivity contribution >= 4 is 27.6 Å². The third-order valence-electron chi connectivity index (χ3n) is 2.09. The van der Waals surface area contributed by atoms with Gasteiger partial charge in [-0.25, -0.2) is 4.79 Å². The Morgan fingerprint density at radius 3 is 2.88 bits per heavy atom. The van der Waals surface area contributed by atoms with Crippen molar-refractivity contribution in [2.75, 3.05) is 5.73 Å². The lowest BCUT2D eigenvalue weighted by atomic mass is 10.2. The summed E-state index contributed by atoms with van der Waals surface area (Å²) in [4.78, 5) is 10.9. The van der Waals surface area contributed by atoms with Crippen LogP contribution in [0.3, 0.4) is 0 Å². The number of hydrogen-bond acceptors (Lipinski definition) is 3. The molecule has 0 saturated heterocycles. The van der Waals surface area contributed by atoms with Crippen molar-refractivity contribution in [1.82, 2.24) is 0 Å². The Hall–Kier alpha value is -1.23. The fourth-order valence-electron chi connectivity index (χ4n) is 1.27. The van der Waals surface area contributed by atoms with Crippen LogP contribution in [0.5, 0.6) is 5.75 Å². The van der Waals surface area contributed by atoms with Gasteiger partial charge in [-0.1, -0.05) is 19.4 Å². The van der Waals surface area contributed by atoms with Crippen LogP contribution in [0.25, 0.3) is 0 Å². The lowest BCUT2D eigenvalue weighted by Gasteiger charge is -2.15. The standard InChI is InChI=1S/C11H14BrNO3/c1-2-4-9(11(14)15)16-8-6-3-5-7(13)10(8)12/h3,5-6,9H,2,4,13H2,1H3,(H,14,15). The maximum absolute atomic E-state index is 10.9. The van der Waals surface area contributed by atoms with Gasteiger partial charge >= 0.3 is 5.97 Å². The van der Waals surface area contributed by atoms with Gasteiger partial charge in [-0.05, 0) is 34.5 Å². The van der Waals surface area contributed by atoms with Gasteiger partial charge in [0.25, 0.3) is 0 Å². The number of carboxylic acid groups (broad SMARTS) is 1. The van der Waals surface area contributed by atoms with Gasteiger partial charge in [-0.15, -0.1) is 0 Å². The van der Waals surface area contributed by atoms with Gasteiger partial charge in [0.2, 0.25) is 0 Å². The molecule has 0 aliphatic rings. The van der Waals surface area contributed by atoms with E-state index in [1.54, 1.807) is 18.2 Å². The molecule has 1 atom stereocenters. The Bertz CT molecular complexity index is 381. The third-order valence-corrected chi connectivity index (χ3v) is 2.94. The monoisotopic (exact) mass is 287 g/mol. The summed E-state index contributed by atoms with van der Waals surface area (Å²) in [5.74, 6) is -0.503. The maximum Gasteiger partial charge on any atom is 0.344 e. The summed E-state index contributed by atoms with van der Waals surface area (Å²) in [5.41, 5.74) is 6.20. The molecule has 0 aliphatic heterocycles. The summed E-state index contributed by atoms with van der Waals surface area (Å²) in [6.45, 7) is 1.91. The number of halogens is 1. The SMILES string of the molecule is CCCC(Oc1cccc(N)c1Br)C(=O)O. The Morgan fingerprint density at radius 2 is 2.31 bits per heavy atom. The molecule has 4 nitrogen and oxygen atoms in total. The Balaban J connectivity index is 2.85. The number of anilines is 1. The molecule has 0 radical (unpaired) electrons. The second kappa shape index (κ2) is 5.75. The molecule has 0 amide bonds. The van der Waals surface area contributed by atoms with E-state index in [-0.39, 0.29) is 0 Å². The van der Waals surface area contributed by atoms with E-state index in [4.69, 9.17) is 15.6 Å². The topological polar surface area (TPSA) is 72.5 Å². The van der Waals surface area contributed by atoms with Crippen LogP contribution in [0.15, 0.2) is 22.7 Å². The van der Waals surface area contributed by atoms with Crippen molar-refractivity contribution in [3.8, 4) is 5.75 Å². The summed E-state index contributed by atoms with van der Waals surface area (Å²) >= 11 is 3.27. The van der Waals surface area contributed by atoms with Gasteiger partial charge in [0.05, 0.1) is 4.47 Å². The van der Waals surface area contributed by atoms with E-state index in [1.165, 1.54) is 0 Å². The second-order valence-corrected chi connectivity index (χ2v) is 4.19. The van der Waals surface area contributed by atoms with E-state index >= 15 is 0 Å². The highest BCUT2D eigenvalue weighted by molar-refractivity contribution is 9.10. The third kappa shape index (κ3) is 3.13. The van der Waals surface area contributed by atoms with E-state index in [9.17, 15) is 4.79 Å². The summed E-state index contributed by atoms with van der Waals surface area (Å²) < 4.78 is 6.00. The Kier molecular flexibility index (Phi) is 4.61. The van der Waals surface area contributed by atoms with Crippen molar-refractivity contribution in [1.29, 1.82) is 0 Å². The van der Waals surface area contributed by atoms with Crippen LogP contribution >= 0.6 is 15.9 Å². The first-order valence-electron chi connectivity index (χ1n) is 4.99. The number of carbonyl (C=O) groups is 1. The lowest BCUT2D eigenvalue weighted by Crippen LogP contribution is -2.26. The summed E-state index contributed by atoms with van der Waals surface area (Å²) in [6.07, 6.45) is 0.385. The number of carboxylic acids is 1. The van der Waals surface area contributed by atoms with Crippen LogP contribution in [0, 0.1) is 0 Å². The van der Waals surface area contributed by atoms with Crippen LogP contribution < -0.4 is 10.5 Å². The summed E-state index contributed by atoms with van der Waals surface area (Å²) in [6, 6.07) is 5.12. The number of rotatable bonds is 5. The average molecular weight is 288 g/mol. The predicted octanol–water partition coefficient (Wildman–Crippen LogP) is 2.66. The maximum atomic E-state index is 10.9. The highest BCUT2D eigenvalue weighted by Gasteiger charge is 2.19. The molecule has 0 saturated carbocycles. The zero-order chi connectivity index (χ0) is 12.1. The zero-order valence-corrected chi connectivity index (χ0v) is 10.5. The minimum absolute atomic E-state index is 0.459. The van der Waals surface area contributed by atoms with E-state index in [2.05, 4.69) is 15.9 Å². The normalized spacial score (nSPS) is 12.1. The van der Waals surface area contributed by atoms with Crippen LogP contribution in [0.4, 0.5) is 5.69 Å². The number of ether oxygens (including phenoxy) is 1. The number of hydrogen-bond donors (Lipinski definition) is 2. The van der Waals surface area contributed by atoms with Crippen molar-refractivity contribution in [3.63, 3.8) is 0 Å². The molecule has 1 rings (SSSR count). The molecule has 1 aromatic carbocycles. The molecular weight excluding hydrogens is 274 g/mol. The number of nitrogens with two attached hydrogens (primary N) is 1. The first-order chi connectivity index (χ1) is 7.56. The van der Waals surface area contributed by atoms with Crippen molar-refractivity contribution in [2.24, 2.45) is 0 Å². The largest absolute Gasteiger partial charge is 0.479 e. The molecule has 0 aromatic heterocycles. The molecule has 16 heavy (non-hydrogen) atoms. The number of nitrogen functional groups attached to an aromatic ring is 1. The number of aliphatic carboxylic acids is 1. The van der Waals surface area contributed by atoms with Crippen molar-refractivity contribution < 1.29 is 14.6 Å². The first-order valence-corrected chi connectivity index (χ1v) is 5.79. The van der Waals surface area contributed by atoms with Gasteiger partial charge in [-0.3, -0.25) is 0 Å². The highest BCUT2D eigenvalue weighted by Crippen LogP contribution is 2.31. The highest BCUT2D eigenvalue weighted by atomic mass is 79.9. The fourth-order valence-corrected chi connectivity index (χ4v) is 1.62. The van der Waals surface area contributed by atoms with E-state index in [0.717, 1.165) is 6.42 Å². The molecule has 0 bridgehead atoms. The van der Waals surface area contributed by atoms with E-state index < -0.39 is 12.1 Å². The van der Waals surface area contributed by atoms with Gasteiger partial charge < -0.3 is 15.6 Å². The smallest absolute Gasteiger partial charge is 0.344 e. The van der Waals surface area contributed by atoms with Crippen LogP contribution in [-0.2, 0) is 4.79 Å². The minimum Gasteiger partial charge on any atom is -0.479 e. The van der Waals surface area contributed by atoms with Crippen LogP contribution in [-0.4, -0.2) is 17.2 Å².